The standard InChI is InChI=1S/C14H19N5O3/c1-14(2,3)22-13(20)19-8-9-6-10(19)7-18(9)12-5-4-11(17-21)15-16-12/h4-5,9-10H,6-8H2,1-3H3/t9-,10?/m0/s1. The molecule has 2 bridgehead atoms. The molecule has 1 aromatic heterocycles. The third-order valence-electron chi connectivity index (χ3n) is 3.89. The smallest absolute Gasteiger partial charge is 0.410 e. The number of aromatic nitrogens is 2. The SMILES string of the molecule is CC(C)(C)OC(=O)N1C[C@@H]2CC1CN2c1ccc(N=O)nn1. The molecule has 8 nitrogen and oxygen atoms in total. The number of hydrogen-bond donors (Lipinski definition) is 0. The molecule has 2 saturated heterocycles. The predicted octanol–water partition coefficient (Wildman–Crippen LogP) is 2.07. The first-order chi connectivity index (χ1) is 10.4. The van der Waals surface area contributed by atoms with Crippen LogP contribution in [0.2, 0.25) is 0 Å². The van der Waals surface area contributed by atoms with E-state index in [0.29, 0.717) is 18.9 Å². The van der Waals surface area contributed by atoms with Gasteiger partial charge in [-0.2, -0.15) is 0 Å². The first-order valence-corrected chi connectivity index (χ1v) is 7.31. The Hall–Kier alpha value is -2.25. The molecule has 0 aromatic carbocycles. The molecule has 0 aliphatic carbocycles. The first-order valence-electron chi connectivity index (χ1n) is 7.31. The highest BCUT2D eigenvalue weighted by atomic mass is 16.6. The lowest BCUT2D eigenvalue weighted by Crippen LogP contribution is -2.50. The second-order valence-electron chi connectivity index (χ2n) is 6.67. The van der Waals surface area contributed by atoms with Crippen LogP contribution in [0.15, 0.2) is 17.3 Å². The second-order valence-corrected chi connectivity index (χ2v) is 6.67. The van der Waals surface area contributed by atoms with Crippen molar-refractivity contribution in [2.75, 3.05) is 18.0 Å². The Kier molecular flexibility index (Phi) is 3.46. The van der Waals surface area contributed by atoms with Gasteiger partial charge in [-0.05, 0) is 44.5 Å². The van der Waals surface area contributed by atoms with Crippen molar-refractivity contribution in [2.24, 2.45) is 5.18 Å². The average molecular weight is 305 g/mol. The van der Waals surface area contributed by atoms with Crippen molar-refractivity contribution >= 4 is 17.7 Å². The van der Waals surface area contributed by atoms with Crippen LogP contribution in [0.3, 0.4) is 0 Å². The van der Waals surface area contributed by atoms with Crippen molar-refractivity contribution in [2.45, 2.75) is 44.9 Å². The van der Waals surface area contributed by atoms with Crippen molar-refractivity contribution in [1.82, 2.24) is 15.1 Å². The van der Waals surface area contributed by atoms with Gasteiger partial charge >= 0.3 is 6.09 Å². The summed E-state index contributed by atoms with van der Waals surface area (Å²) in [5, 5.41) is 10.5. The van der Waals surface area contributed by atoms with Crippen LogP contribution in [0, 0.1) is 4.91 Å². The number of ether oxygens (including phenoxy) is 1. The molecule has 118 valence electrons. The van der Waals surface area contributed by atoms with Crippen molar-refractivity contribution in [1.29, 1.82) is 0 Å². The molecule has 2 aliphatic heterocycles. The molecule has 3 heterocycles. The summed E-state index contributed by atoms with van der Waals surface area (Å²) in [4.78, 5) is 26.5. The van der Waals surface area contributed by atoms with Gasteiger partial charge in [0, 0.05) is 13.1 Å². The normalized spacial score (nSPS) is 23.8. The van der Waals surface area contributed by atoms with E-state index >= 15 is 0 Å². The van der Waals surface area contributed by atoms with Crippen LogP contribution in [0.5, 0.6) is 0 Å². The van der Waals surface area contributed by atoms with Crippen LogP contribution in [0.1, 0.15) is 27.2 Å². The van der Waals surface area contributed by atoms with Gasteiger partial charge in [-0.1, -0.05) is 0 Å². The van der Waals surface area contributed by atoms with E-state index in [2.05, 4.69) is 20.3 Å². The summed E-state index contributed by atoms with van der Waals surface area (Å²) >= 11 is 0. The van der Waals surface area contributed by atoms with E-state index in [1.54, 1.807) is 17.0 Å². The molecular weight excluding hydrogens is 286 g/mol. The van der Waals surface area contributed by atoms with Gasteiger partial charge in [0.2, 0.25) is 5.82 Å². The fourth-order valence-corrected chi connectivity index (χ4v) is 3.01. The number of carbonyl (C=O) groups excluding carboxylic acids is 1. The number of amides is 1. The molecule has 2 fully saturated rings. The molecule has 0 N–H and O–H groups in total. The monoisotopic (exact) mass is 305 g/mol. The van der Waals surface area contributed by atoms with Gasteiger partial charge in [0.1, 0.15) is 5.60 Å². The van der Waals surface area contributed by atoms with Gasteiger partial charge in [-0.15, -0.1) is 15.1 Å². The molecule has 0 saturated carbocycles. The van der Waals surface area contributed by atoms with Crippen LogP contribution >= 0.6 is 0 Å². The summed E-state index contributed by atoms with van der Waals surface area (Å²) in [5.74, 6) is 0.784. The molecule has 1 amide bonds. The molecule has 2 aliphatic rings. The Bertz CT molecular complexity index is 583. The number of fused-ring (bicyclic) bond motifs is 2. The molecular formula is C14H19N5O3. The molecule has 0 spiro atoms. The zero-order valence-corrected chi connectivity index (χ0v) is 12.9. The van der Waals surface area contributed by atoms with E-state index < -0.39 is 5.60 Å². The minimum atomic E-state index is -0.484. The van der Waals surface area contributed by atoms with Crippen LogP contribution in [-0.4, -0.2) is 52.0 Å². The summed E-state index contributed by atoms with van der Waals surface area (Å²) < 4.78 is 5.44. The van der Waals surface area contributed by atoms with E-state index in [4.69, 9.17) is 4.74 Å². The number of anilines is 1. The predicted molar refractivity (Wildman–Crippen MR) is 80.0 cm³/mol. The molecule has 1 unspecified atom stereocenters. The van der Waals surface area contributed by atoms with Crippen molar-refractivity contribution in [3.8, 4) is 0 Å². The van der Waals surface area contributed by atoms with E-state index in [0.717, 1.165) is 6.42 Å². The maximum absolute atomic E-state index is 12.2. The quantitative estimate of drug-likeness (QED) is 0.777. The third kappa shape index (κ3) is 2.72. The highest BCUT2D eigenvalue weighted by Gasteiger charge is 2.47. The van der Waals surface area contributed by atoms with E-state index in [1.807, 2.05) is 20.8 Å². The van der Waals surface area contributed by atoms with Crippen molar-refractivity contribution in [3.05, 3.63) is 17.0 Å². The maximum atomic E-state index is 12.2. The van der Waals surface area contributed by atoms with Gasteiger partial charge in [-0.3, -0.25) is 0 Å². The molecule has 22 heavy (non-hydrogen) atoms. The Morgan fingerprint density at radius 2 is 2.05 bits per heavy atom. The lowest BCUT2D eigenvalue weighted by Gasteiger charge is -2.35. The third-order valence-corrected chi connectivity index (χ3v) is 3.89. The zero-order chi connectivity index (χ0) is 15.9. The average Bonchev–Trinajstić information content (AvgIpc) is 3.05. The minimum absolute atomic E-state index is 0.0727. The highest BCUT2D eigenvalue weighted by Crippen LogP contribution is 2.34. The van der Waals surface area contributed by atoms with Gasteiger partial charge in [0.05, 0.1) is 12.1 Å². The van der Waals surface area contributed by atoms with Gasteiger partial charge < -0.3 is 14.5 Å². The Morgan fingerprint density at radius 1 is 1.27 bits per heavy atom. The molecule has 8 heteroatoms. The number of likely N-dealkylation sites (tertiary alicyclic amines) is 1. The number of hydrogen-bond acceptors (Lipinski definition) is 7. The summed E-state index contributed by atoms with van der Waals surface area (Å²) in [5.41, 5.74) is -0.484. The Balaban J connectivity index is 1.66. The second kappa shape index (κ2) is 5.19. The zero-order valence-electron chi connectivity index (χ0n) is 12.9. The van der Waals surface area contributed by atoms with Gasteiger partial charge in [0.25, 0.3) is 0 Å². The van der Waals surface area contributed by atoms with E-state index in [-0.39, 0.29) is 24.0 Å². The molecule has 1 aromatic rings. The summed E-state index contributed by atoms with van der Waals surface area (Å²) in [6, 6.07) is 3.63. The van der Waals surface area contributed by atoms with Gasteiger partial charge in [0.15, 0.2) is 5.82 Å². The fourth-order valence-electron chi connectivity index (χ4n) is 3.01. The van der Waals surface area contributed by atoms with E-state index in [9.17, 15) is 9.70 Å². The van der Waals surface area contributed by atoms with Crippen molar-refractivity contribution < 1.29 is 9.53 Å². The lowest BCUT2D eigenvalue weighted by atomic mass is 10.2. The largest absolute Gasteiger partial charge is 0.444 e. The number of piperazine rings is 1. The topological polar surface area (TPSA) is 88.0 Å². The summed E-state index contributed by atoms with van der Waals surface area (Å²) in [6.45, 7) is 6.92. The Labute approximate surface area is 128 Å². The molecule has 3 rings (SSSR count). The van der Waals surface area contributed by atoms with Crippen LogP contribution in [0.25, 0.3) is 0 Å². The number of nitroso groups, excluding NO2 is 1. The van der Waals surface area contributed by atoms with Crippen LogP contribution in [0.4, 0.5) is 16.4 Å². The van der Waals surface area contributed by atoms with Crippen LogP contribution < -0.4 is 4.90 Å². The lowest BCUT2D eigenvalue weighted by molar-refractivity contribution is 0.0214. The first kappa shape index (κ1) is 14.7. The number of carbonyl (C=O) groups is 1. The fraction of sp³-hybridized carbons (Fsp3) is 0.643. The van der Waals surface area contributed by atoms with Crippen LogP contribution in [-0.2, 0) is 4.74 Å². The minimum Gasteiger partial charge on any atom is -0.444 e. The number of nitrogens with zero attached hydrogens (tertiary/aromatic N) is 5. The molecule has 0 radical (unpaired) electrons. The van der Waals surface area contributed by atoms with E-state index in [1.165, 1.54) is 0 Å². The van der Waals surface area contributed by atoms with Gasteiger partial charge in [-0.25, -0.2) is 4.79 Å². The Morgan fingerprint density at radius 3 is 2.55 bits per heavy atom. The van der Waals surface area contributed by atoms with Crippen molar-refractivity contribution in [3.63, 3.8) is 0 Å². The summed E-state index contributed by atoms with van der Waals surface area (Å²) in [7, 11) is 0. The molecule has 2 atom stereocenters. The number of rotatable bonds is 2. The maximum Gasteiger partial charge on any atom is 0.410 e. The highest BCUT2D eigenvalue weighted by molar-refractivity contribution is 5.70. The summed E-state index contributed by atoms with van der Waals surface area (Å²) in [6.07, 6.45) is 0.639.